The normalized spacial score (nSPS) is 10.7. The highest BCUT2D eigenvalue weighted by Gasteiger charge is 2.16. The van der Waals surface area contributed by atoms with Crippen LogP contribution in [0.2, 0.25) is 0 Å². The Labute approximate surface area is 177 Å². The number of nitrogens with zero attached hydrogens (tertiary/aromatic N) is 4. The molecule has 0 aliphatic carbocycles. The van der Waals surface area contributed by atoms with Crippen LogP contribution in [-0.2, 0) is 11.3 Å². The van der Waals surface area contributed by atoms with Gasteiger partial charge >= 0.3 is 0 Å². The van der Waals surface area contributed by atoms with Crippen molar-refractivity contribution in [3.05, 3.63) is 59.1 Å². The molecule has 0 aliphatic rings. The van der Waals surface area contributed by atoms with Gasteiger partial charge in [-0.2, -0.15) is 10.2 Å². The molecule has 30 heavy (non-hydrogen) atoms. The number of hydrogen-bond donors (Lipinski definition) is 3. The summed E-state index contributed by atoms with van der Waals surface area (Å²) >= 11 is 5.31. The molecular weight excluding hydrogens is 402 g/mol. The minimum Gasteiger partial charge on any atom is -0.497 e. The van der Waals surface area contributed by atoms with E-state index in [4.69, 9.17) is 17.0 Å². The van der Waals surface area contributed by atoms with Crippen molar-refractivity contribution in [1.82, 2.24) is 29.9 Å². The summed E-state index contributed by atoms with van der Waals surface area (Å²) in [5.41, 5.74) is 3.41. The summed E-state index contributed by atoms with van der Waals surface area (Å²) in [6, 6.07) is 11.1. The van der Waals surface area contributed by atoms with Crippen molar-refractivity contribution >= 4 is 23.9 Å². The van der Waals surface area contributed by atoms with Gasteiger partial charge in [-0.15, -0.1) is 0 Å². The van der Waals surface area contributed by atoms with Gasteiger partial charge in [0.25, 0.3) is 0 Å². The second-order valence-corrected chi connectivity index (χ2v) is 6.91. The number of carbonyl (C=O) groups is 1. The molecule has 0 aliphatic heterocycles. The van der Waals surface area contributed by atoms with Crippen LogP contribution in [0.15, 0.2) is 48.8 Å². The SMILES string of the molecule is COc1ccc(-c2n[nH]c(=S)n2CC(=O)Nc2n[nH]c(-c3ccncc3)c2C)cc1. The van der Waals surface area contributed by atoms with E-state index in [0.29, 0.717) is 16.4 Å². The van der Waals surface area contributed by atoms with Crippen LogP contribution in [0.4, 0.5) is 5.82 Å². The van der Waals surface area contributed by atoms with Gasteiger partial charge in [-0.3, -0.25) is 24.5 Å². The third-order valence-electron chi connectivity index (χ3n) is 4.64. The fraction of sp³-hybridized carbons (Fsp3) is 0.150. The maximum Gasteiger partial charge on any atom is 0.245 e. The second-order valence-electron chi connectivity index (χ2n) is 6.52. The zero-order valence-corrected chi connectivity index (χ0v) is 17.2. The smallest absolute Gasteiger partial charge is 0.245 e. The Bertz CT molecular complexity index is 1230. The first-order valence-electron chi connectivity index (χ1n) is 9.11. The summed E-state index contributed by atoms with van der Waals surface area (Å²) in [7, 11) is 1.60. The van der Waals surface area contributed by atoms with Crippen LogP contribution in [0, 0.1) is 11.7 Å². The molecular formula is C20H19N7O2S. The van der Waals surface area contributed by atoms with Crippen LogP contribution in [0.1, 0.15) is 5.56 Å². The zero-order valence-electron chi connectivity index (χ0n) is 16.3. The molecule has 3 aromatic heterocycles. The lowest BCUT2D eigenvalue weighted by Gasteiger charge is -2.08. The number of anilines is 1. The number of nitrogens with one attached hydrogen (secondary N) is 3. The van der Waals surface area contributed by atoms with E-state index in [2.05, 4.69) is 30.7 Å². The number of hydrogen-bond acceptors (Lipinski definition) is 6. The molecule has 1 amide bonds. The molecule has 1 aromatic carbocycles. The molecule has 152 valence electrons. The lowest BCUT2D eigenvalue weighted by atomic mass is 10.1. The quantitative estimate of drug-likeness (QED) is 0.412. The number of ether oxygens (including phenoxy) is 1. The number of methoxy groups -OCH3 is 1. The molecule has 9 nitrogen and oxygen atoms in total. The Hall–Kier alpha value is -3.79. The van der Waals surface area contributed by atoms with E-state index in [1.165, 1.54) is 0 Å². The van der Waals surface area contributed by atoms with Gasteiger partial charge in [-0.25, -0.2) is 0 Å². The predicted octanol–water partition coefficient (Wildman–Crippen LogP) is 3.35. The molecule has 0 unspecified atom stereocenters. The van der Waals surface area contributed by atoms with Crippen LogP contribution < -0.4 is 10.1 Å². The maximum absolute atomic E-state index is 12.7. The number of benzene rings is 1. The Balaban J connectivity index is 1.54. The highest BCUT2D eigenvalue weighted by atomic mass is 32.1. The number of carbonyl (C=O) groups excluding carboxylic acids is 1. The average molecular weight is 421 g/mol. The van der Waals surface area contributed by atoms with Crippen LogP contribution in [0.25, 0.3) is 22.6 Å². The molecule has 0 atom stereocenters. The van der Waals surface area contributed by atoms with Crippen molar-refractivity contribution in [2.45, 2.75) is 13.5 Å². The largest absolute Gasteiger partial charge is 0.497 e. The predicted molar refractivity (Wildman–Crippen MR) is 115 cm³/mol. The number of aromatic amines is 2. The highest BCUT2D eigenvalue weighted by molar-refractivity contribution is 7.71. The zero-order chi connectivity index (χ0) is 21.1. The molecule has 0 bridgehead atoms. The van der Waals surface area contributed by atoms with Gasteiger partial charge < -0.3 is 10.1 Å². The Kier molecular flexibility index (Phi) is 5.40. The molecule has 0 saturated heterocycles. The molecule has 3 N–H and O–H groups in total. The first-order valence-corrected chi connectivity index (χ1v) is 9.52. The van der Waals surface area contributed by atoms with E-state index in [1.807, 2.05) is 43.3 Å². The second kappa shape index (κ2) is 8.29. The maximum atomic E-state index is 12.7. The summed E-state index contributed by atoms with van der Waals surface area (Å²) in [4.78, 5) is 16.7. The molecule has 4 aromatic rings. The summed E-state index contributed by atoms with van der Waals surface area (Å²) in [6.07, 6.45) is 3.41. The van der Waals surface area contributed by atoms with Crippen molar-refractivity contribution in [3.63, 3.8) is 0 Å². The van der Waals surface area contributed by atoms with E-state index in [9.17, 15) is 4.79 Å². The lowest BCUT2D eigenvalue weighted by Crippen LogP contribution is -2.20. The molecule has 0 saturated carbocycles. The monoisotopic (exact) mass is 421 g/mol. The van der Waals surface area contributed by atoms with E-state index in [-0.39, 0.29) is 12.5 Å². The van der Waals surface area contributed by atoms with Crippen LogP contribution in [0.3, 0.4) is 0 Å². The third kappa shape index (κ3) is 3.85. The Morgan fingerprint density at radius 2 is 1.83 bits per heavy atom. The topological polar surface area (TPSA) is 114 Å². The van der Waals surface area contributed by atoms with E-state index >= 15 is 0 Å². The fourth-order valence-electron chi connectivity index (χ4n) is 3.06. The number of rotatable bonds is 6. The van der Waals surface area contributed by atoms with E-state index in [0.717, 1.165) is 28.1 Å². The van der Waals surface area contributed by atoms with Gasteiger partial charge in [-0.1, -0.05) is 0 Å². The van der Waals surface area contributed by atoms with Gasteiger partial charge in [0, 0.05) is 29.1 Å². The average Bonchev–Trinajstić information content (AvgIpc) is 3.31. The number of aromatic nitrogens is 6. The Morgan fingerprint density at radius 3 is 2.53 bits per heavy atom. The molecule has 0 radical (unpaired) electrons. The van der Waals surface area contributed by atoms with Crippen molar-refractivity contribution < 1.29 is 9.53 Å². The van der Waals surface area contributed by atoms with Gasteiger partial charge in [0.1, 0.15) is 12.3 Å². The van der Waals surface area contributed by atoms with E-state index in [1.54, 1.807) is 24.1 Å². The van der Waals surface area contributed by atoms with Crippen LogP contribution in [-0.4, -0.2) is 43.0 Å². The molecule has 4 rings (SSSR count). The third-order valence-corrected chi connectivity index (χ3v) is 4.96. The number of H-pyrrole nitrogens is 2. The van der Waals surface area contributed by atoms with Crippen molar-refractivity contribution in [2.24, 2.45) is 0 Å². The lowest BCUT2D eigenvalue weighted by molar-refractivity contribution is -0.116. The number of amides is 1. The van der Waals surface area contributed by atoms with Crippen molar-refractivity contribution in [3.8, 4) is 28.4 Å². The molecule has 0 fully saturated rings. The fourth-order valence-corrected chi connectivity index (χ4v) is 3.26. The summed E-state index contributed by atoms with van der Waals surface area (Å²) in [6.45, 7) is 1.88. The molecule has 3 heterocycles. The molecule has 10 heteroatoms. The van der Waals surface area contributed by atoms with Crippen LogP contribution >= 0.6 is 12.2 Å². The number of pyridine rings is 1. The van der Waals surface area contributed by atoms with Gasteiger partial charge in [0.15, 0.2) is 16.4 Å². The summed E-state index contributed by atoms with van der Waals surface area (Å²) in [5.74, 6) is 1.50. The molecule has 0 spiro atoms. The van der Waals surface area contributed by atoms with Gasteiger partial charge in [0.05, 0.1) is 12.8 Å². The minimum absolute atomic E-state index is 0.00636. The Morgan fingerprint density at radius 1 is 1.10 bits per heavy atom. The first-order chi connectivity index (χ1) is 14.6. The standard InChI is InChI=1S/C20H19N7O2S/c1-12-17(13-7-9-21-10-8-13)23-24-18(12)22-16(28)11-27-19(25-26-20(27)30)14-3-5-15(29-2)6-4-14/h3-10H,11H2,1-2H3,(H,26,30)(H2,22,23,24,28). The van der Waals surface area contributed by atoms with Crippen LogP contribution in [0.5, 0.6) is 5.75 Å². The van der Waals surface area contributed by atoms with Gasteiger partial charge in [-0.05, 0) is 55.5 Å². The van der Waals surface area contributed by atoms with E-state index < -0.39 is 0 Å². The van der Waals surface area contributed by atoms with Crippen molar-refractivity contribution in [2.75, 3.05) is 12.4 Å². The summed E-state index contributed by atoms with van der Waals surface area (Å²) < 4.78 is 7.17. The summed E-state index contributed by atoms with van der Waals surface area (Å²) in [5, 5.41) is 17.0. The van der Waals surface area contributed by atoms with Gasteiger partial charge in [0.2, 0.25) is 5.91 Å². The van der Waals surface area contributed by atoms with Crippen molar-refractivity contribution in [1.29, 1.82) is 0 Å². The first kappa shape index (κ1) is 19.5. The minimum atomic E-state index is -0.266. The highest BCUT2D eigenvalue weighted by Crippen LogP contribution is 2.25.